The molecule has 3 rings (SSSR count). The van der Waals surface area contributed by atoms with Crippen molar-refractivity contribution in [3.05, 3.63) is 57.6 Å². The Labute approximate surface area is 152 Å². The van der Waals surface area contributed by atoms with Gasteiger partial charge in [-0.3, -0.25) is 4.79 Å². The normalized spacial score (nSPS) is 13.5. The highest BCUT2D eigenvalue weighted by Crippen LogP contribution is 2.50. The summed E-state index contributed by atoms with van der Waals surface area (Å²) in [7, 11) is 1.27. The average molecular weight is 407 g/mol. The molecule has 2 aromatic carbocycles. The van der Waals surface area contributed by atoms with Gasteiger partial charge in [0, 0.05) is 18.0 Å². The summed E-state index contributed by atoms with van der Waals surface area (Å²) in [6.45, 7) is 1.22. The van der Waals surface area contributed by atoms with Gasteiger partial charge < -0.3 is 9.67 Å². The molecule has 3 aromatic rings. The molecule has 1 heterocycles. The first-order chi connectivity index (χ1) is 12.7. The zero-order valence-electron chi connectivity index (χ0n) is 14.3. The van der Waals surface area contributed by atoms with Crippen LogP contribution in [0.25, 0.3) is 21.7 Å². The van der Waals surface area contributed by atoms with Gasteiger partial charge in [-0.2, -0.15) is 26.3 Å². The van der Waals surface area contributed by atoms with Gasteiger partial charge in [0.05, 0.1) is 10.9 Å². The fraction of sp³-hybridized carbons (Fsp3) is 0.278. The van der Waals surface area contributed by atoms with E-state index in [-0.39, 0.29) is 27.2 Å². The van der Waals surface area contributed by atoms with Crippen molar-refractivity contribution in [1.29, 1.82) is 0 Å². The number of aromatic nitrogens is 1. The highest BCUT2D eigenvalue weighted by molar-refractivity contribution is 6.06. The number of halogens is 7. The standard InChI is InChI=1S/C18H12F7NO2/c1-8-5-9(16(28,17(20,21)22)18(23,24)25)6-12-11-4-3-10(19)7-13(11)15(27)26(2)14(8)12/h3-7,28H,1-2H3. The van der Waals surface area contributed by atoms with Crippen molar-refractivity contribution in [3.8, 4) is 0 Å². The first-order valence-electron chi connectivity index (χ1n) is 7.79. The lowest BCUT2D eigenvalue weighted by Crippen LogP contribution is -2.54. The molecule has 0 radical (unpaired) electrons. The Hall–Kier alpha value is -2.62. The summed E-state index contributed by atoms with van der Waals surface area (Å²) in [5.74, 6) is -0.793. The first kappa shape index (κ1) is 20.1. The molecule has 3 nitrogen and oxygen atoms in total. The molecule has 0 saturated heterocycles. The molecule has 0 amide bonds. The second-order valence-electron chi connectivity index (χ2n) is 6.45. The number of hydrogen-bond donors (Lipinski definition) is 1. The van der Waals surface area contributed by atoms with E-state index in [9.17, 15) is 40.6 Å². The number of pyridine rings is 1. The predicted octanol–water partition coefficient (Wildman–Crippen LogP) is 4.45. The van der Waals surface area contributed by atoms with E-state index in [4.69, 9.17) is 0 Å². The Morgan fingerprint density at radius 1 is 0.893 bits per heavy atom. The van der Waals surface area contributed by atoms with Crippen LogP contribution in [0.5, 0.6) is 0 Å². The van der Waals surface area contributed by atoms with Crippen LogP contribution < -0.4 is 5.56 Å². The zero-order valence-corrected chi connectivity index (χ0v) is 14.3. The number of aryl methyl sites for hydroxylation is 2. The van der Waals surface area contributed by atoms with E-state index in [0.717, 1.165) is 22.8 Å². The van der Waals surface area contributed by atoms with Gasteiger partial charge >= 0.3 is 12.4 Å². The van der Waals surface area contributed by atoms with Gasteiger partial charge in [-0.15, -0.1) is 0 Å². The van der Waals surface area contributed by atoms with Gasteiger partial charge in [-0.05, 0) is 36.1 Å². The Morgan fingerprint density at radius 3 is 2.00 bits per heavy atom. The molecule has 0 unspecified atom stereocenters. The minimum absolute atomic E-state index is 0.0313. The van der Waals surface area contributed by atoms with Crippen LogP contribution in [0.15, 0.2) is 35.1 Å². The topological polar surface area (TPSA) is 42.2 Å². The molecule has 0 fully saturated rings. The van der Waals surface area contributed by atoms with Crippen molar-refractivity contribution in [2.75, 3.05) is 0 Å². The van der Waals surface area contributed by atoms with Crippen LogP contribution >= 0.6 is 0 Å². The molecular weight excluding hydrogens is 395 g/mol. The van der Waals surface area contributed by atoms with Crippen molar-refractivity contribution in [2.45, 2.75) is 24.9 Å². The maximum Gasteiger partial charge on any atom is 0.430 e. The second-order valence-corrected chi connectivity index (χ2v) is 6.45. The fourth-order valence-electron chi connectivity index (χ4n) is 3.34. The summed E-state index contributed by atoms with van der Waals surface area (Å²) >= 11 is 0. The minimum Gasteiger partial charge on any atom is -0.369 e. The molecule has 1 N–H and O–H groups in total. The van der Waals surface area contributed by atoms with Gasteiger partial charge in [0.25, 0.3) is 11.2 Å². The lowest BCUT2D eigenvalue weighted by Gasteiger charge is -2.33. The number of nitrogens with zero attached hydrogens (tertiary/aromatic N) is 1. The van der Waals surface area contributed by atoms with Crippen LogP contribution in [0.4, 0.5) is 30.7 Å². The van der Waals surface area contributed by atoms with Crippen molar-refractivity contribution >= 4 is 21.7 Å². The monoisotopic (exact) mass is 407 g/mol. The molecule has 0 bridgehead atoms. The Morgan fingerprint density at radius 2 is 1.46 bits per heavy atom. The zero-order chi connectivity index (χ0) is 21.2. The number of rotatable bonds is 1. The van der Waals surface area contributed by atoms with Crippen molar-refractivity contribution in [1.82, 2.24) is 4.57 Å². The van der Waals surface area contributed by atoms with Gasteiger partial charge in [0.2, 0.25) is 0 Å². The predicted molar refractivity (Wildman–Crippen MR) is 87.4 cm³/mol. The number of fused-ring (bicyclic) bond motifs is 3. The molecule has 0 aliphatic rings. The van der Waals surface area contributed by atoms with Crippen LogP contribution in [-0.2, 0) is 12.6 Å². The SMILES string of the molecule is Cc1cc(C(O)(C(F)(F)F)C(F)(F)F)cc2c3ccc(F)cc3c(=O)n(C)c12. The van der Waals surface area contributed by atoms with Crippen LogP contribution in [-0.4, -0.2) is 22.0 Å². The summed E-state index contributed by atoms with van der Waals surface area (Å²) in [4.78, 5) is 12.4. The number of hydrogen-bond acceptors (Lipinski definition) is 2. The largest absolute Gasteiger partial charge is 0.430 e. The van der Waals surface area contributed by atoms with E-state index in [0.29, 0.717) is 12.1 Å². The van der Waals surface area contributed by atoms with E-state index in [2.05, 4.69) is 0 Å². The third-order valence-electron chi connectivity index (χ3n) is 4.68. The van der Waals surface area contributed by atoms with Crippen LogP contribution in [0.1, 0.15) is 11.1 Å². The maximum absolute atomic E-state index is 13.5. The van der Waals surface area contributed by atoms with Gasteiger partial charge in [0.15, 0.2) is 0 Å². The second kappa shape index (κ2) is 5.94. The van der Waals surface area contributed by atoms with Crippen molar-refractivity contribution in [3.63, 3.8) is 0 Å². The van der Waals surface area contributed by atoms with Crippen LogP contribution in [0.2, 0.25) is 0 Å². The number of benzene rings is 2. The van der Waals surface area contributed by atoms with Gasteiger partial charge in [0.1, 0.15) is 5.82 Å². The van der Waals surface area contributed by atoms with Crippen LogP contribution in [0.3, 0.4) is 0 Å². The van der Waals surface area contributed by atoms with Gasteiger partial charge in [-0.1, -0.05) is 12.1 Å². The highest BCUT2D eigenvalue weighted by atomic mass is 19.4. The molecule has 1 aromatic heterocycles. The third-order valence-corrected chi connectivity index (χ3v) is 4.68. The number of alkyl halides is 6. The summed E-state index contributed by atoms with van der Waals surface area (Å²) in [6.07, 6.45) is -12.1. The summed E-state index contributed by atoms with van der Waals surface area (Å²) in [5.41, 5.74) is -7.24. The molecule has 150 valence electrons. The molecule has 28 heavy (non-hydrogen) atoms. The summed E-state index contributed by atoms with van der Waals surface area (Å²) in [5, 5.41) is 9.30. The van der Waals surface area contributed by atoms with Crippen molar-refractivity contribution in [2.24, 2.45) is 7.05 Å². The van der Waals surface area contributed by atoms with E-state index in [1.54, 1.807) is 0 Å². The smallest absolute Gasteiger partial charge is 0.369 e. The maximum atomic E-state index is 13.5. The molecule has 10 heteroatoms. The van der Waals surface area contributed by atoms with E-state index in [1.807, 2.05) is 0 Å². The van der Waals surface area contributed by atoms with E-state index in [1.165, 1.54) is 14.0 Å². The van der Waals surface area contributed by atoms with Gasteiger partial charge in [-0.25, -0.2) is 4.39 Å². The first-order valence-corrected chi connectivity index (χ1v) is 7.79. The van der Waals surface area contributed by atoms with Crippen molar-refractivity contribution < 1.29 is 35.8 Å². The quantitative estimate of drug-likeness (QED) is 0.479. The molecule has 0 spiro atoms. The molecule has 0 atom stereocenters. The lowest BCUT2D eigenvalue weighted by atomic mass is 9.88. The Kier molecular flexibility index (Phi) is 4.27. The van der Waals surface area contributed by atoms with Crippen LogP contribution in [0, 0.1) is 12.7 Å². The van der Waals surface area contributed by atoms with E-state index >= 15 is 0 Å². The Bertz CT molecular complexity index is 1150. The molecule has 0 saturated carbocycles. The lowest BCUT2D eigenvalue weighted by molar-refractivity contribution is -0.376. The fourth-order valence-corrected chi connectivity index (χ4v) is 3.34. The molecule has 0 aliphatic heterocycles. The highest BCUT2D eigenvalue weighted by Gasteiger charge is 2.71. The minimum atomic E-state index is -6.05. The average Bonchev–Trinajstić information content (AvgIpc) is 2.56. The number of aliphatic hydroxyl groups is 1. The Balaban J connectivity index is 2.55. The third kappa shape index (κ3) is 2.66. The summed E-state index contributed by atoms with van der Waals surface area (Å²) in [6, 6.07) is 3.95. The molecule has 0 aliphatic carbocycles. The van der Waals surface area contributed by atoms with E-state index < -0.39 is 34.9 Å². The summed E-state index contributed by atoms with van der Waals surface area (Å²) < 4.78 is 94.1. The molecular formula is C18H12F7NO2.